The third-order valence-electron chi connectivity index (χ3n) is 1.83. The second kappa shape index (κ2) is 2.86. The average molecular weight is 236 g/mol. The molecule has 64 valence electrons. The zero-order chi connectivity index (χ0) is 9.42. The van der Waals surface area contributed by atoms with Crippen LogP contribution in [0.5, 0.6) is 0 Å². The Morgan fingerprint density at radius 1 is 1.54 bits per heavy atom. The minimum Gasteiger partial charge on any atom is -0.275 e. The molecule has 0 aliphatic carbocycles. The fraction of sp³-hybridized carbons (Fsp3) is 0.111. The number of hydrogen-bond acceptors (Lipinski definition) is 2. The zero-order valence-corrected chi connectivity index (χ0v) is 8.54. The van der Waals surface area contributed by atoms with Gasteiger partial charge in [-0.1, -0.05) is 0 Å². The van der Waals surface area contributed by atoms with Crippen molar-refractivity contribution in [2.45, 2.75) is 0 Å². The first-order chi connectivity index (χ1) is 6.20. The van der Waals surface area contributed by atoms with Gasteiger partial charge < -0.3 is 0 Å². The van der Waals surface area contributed by atoms with Gasteiger partial charge in [0.15, 0.2) is 0 Å². The van der Waals surface area contributed by atoms with E-state index in [1.165, 1.54) is 0 Å². The van der Waals surface area contributed by atoms with Crippen molar-refractivity contribution in [3.05, 3.63) is 28.4 Å². The lowest BCUT2D eigenvalue weighted by Crippen LogP contribution is -1.85. The van der Waals surface area contributed by atoms with Gasteiger partial charge >= 0.3 is 0 Å². The van der Waals surface area contributed by atoms with E-state index in [0.29, 0.717) is 5.56 Å². The van der Waals surface area contributed by atoms with Gasteiger partial charge in [-0.2, -0.15) is 10.4 Å². The molecular formula is C9H6BrN3. The minimum atomic E-state index is 0.617. The van der Waals surface area contributed by atoms with E-state index in [2.05, 4.69) is 27.1 Å². The topological polar surface area (TPSA) is 41.6 Å². The largest absolute Gasteiger partial charge is 0.275 e. The zero-order valence-electron chi connectivity index (χ0n) is 6.95. The maximum atomic E-state index is 8.77. The fourth-order valence-corrected chi connectivity index (χ4v) is 1.70. The number of nitriles is 1. The highest BCUT2D eigenvalue weighted by atomic mass is 79.9. The van der Waals surface area contributed by atoms with Gasteiger partial charge in [0.2, 0.25) is 0 Å². The lowest BCUT2D eigenvalue weighted by atomic mass is 10.2. The summed E-state index contributed by atoms with van der Waals surface area (Å²) in [6, 6.07) is 5.78. The Balaban J connectivity index is 2.82. The molecule has 2 rings (SSSR count). The summed E-state index contributed by atoms with van der Waals surface area (Å²) < 4.78 is 2.55. The minimum absolute atomic E-state index is 0.617. The Hall–Kier alpha value is -1.34. The number of halogens is 1. The highest BCUT2D eigenvalue weighted by molar-refractivity contribution is 9.10. The average Bonchev–Trinajstić information content (AvgIpc) is 2.42. The number of fused-ring (bicyclic) bond motifs is 1. The lowest BCUT2D eigenvalue weighted by molar-refractivity contribution is 0.779. The molecule has 0 unspecified atom stereocenters. The lowest BCUT2D eigenvalue weighted by Gasteiger charge is -1.92. The Labute approximate surface area is 83.7 Å². The van der Waals surface area contributed by atoms with Crippen LogP contribution in [0.2, 0.25) is 0 Å². The van der Waals surface area contributed by atoms with Crippen molar-refractivity contribution in [3.63, 3.8) is 0 Å². The molecular weight excluding hydrogens is 230 g/mol. The summed E-state index contributed by atoms with van der Waals surface area (Å²) in [5.74, 6) is 0. The first-order valence-corrected chi connectivity index (χ1v) is 4.53. The van der Waals surface area contributed by atoms with E-state index in [1.54, 1.807) is 10.7 Å². The summed E-state index contributed by atoms with van der Waals surface area (Å²) in [4.78, 5) is 0. The second-order valence-corrected chi connectivity index (χ2v) is 3.66. The second-order valence-electron chi connectivity index (χ2n) is 2.81. The SMILES string of the molecule is Cn1cc2cc(Br)c(C#N)cc2n1. The number of rotatable bonds is 0. The maximum absolute atomic E-state index is 8.77. The van der Waals surface area contributed by atoms with Crippen LogP contribution in [0.25, 0.3) is 10.9 Å². The molecule has 0 amide bonds. The van der Waals surface area contributed by atoms with Crippen molar-refractivity contribution >= 4 is 26.8 Å². The van der Waals surface area contributed by atoms with Gasteiger partial charge in [-0.05, 0) is 28.1 Å². The number of aryl methyl sites for hydroxylation is 1. The fourth-order valence-electron chi connectivity index (χ4n) is 1.25. The first-order valence-electron chi connectivity index (χ1n) is 3.73. The molecule has 2 aromatic rings. The molecule has 3 nitrogen and oxygen atoms in total. The van der Waals surface area contributed by atoms with Gasteiger partial charge in [0.05, 0.1) is 11.1 Å². The Morgan fingerprint density at radius 3 is 3.00 bits per heavy atom. The van der Waals surface area contributed by atoms with Crippen molar-refractivity contribution in [1.29, 1.82) is 5.26 Å². The molecule has 0 aliphatic rings. The van der Waals surface area contributed by atoms with Crippen molar-refractivity contribution in [2.24, 2.45) is 7.05 Å². The van der Waals surface area contributed by atoms with E-state index in [9.17, 15) is 0 Å². The molecule has 0 aliphatic heterocycles. The molecule has 4 heteroatoms. The molecule has 1 heterocycles. The number of nitrogens with zero attached hydrogens (tertiary/aromatic N) is 3. The summed E-state index contributed by atoms with van der Waals surface area (Å²) >= 11 is 3.33. The van der Waals surface area contributed by atoms with Crippen LogP contribution >= 0.6 is 15.9 Å². The van der Waals surface area contributed by atoms with Gasteiger partial charge in [-0.15, -0.1) is 0 Å². The predicted molar refractivity (Wildman–Crippen MR) is 53.1 cm³/mol. The van der Waals surface area contributed by atoms with Crippen LogP contribution < -0.4 is 0 Å². The summed E-state index contributed by atoms with van der Waals surface area (Å²) in [5, 5.41) is 14.0. The van der Waals surface area contributed by atoms with Gasteiger partial charge in [0.1, 0.15) is 6.07 Å². The predicted octanol–water partition coefficient (Wildman–Crippen LogP) is 2.21. The molecule has 0 saturated carbocycles. The Kier molecular flexibility index (Phi) is 1.82. The highest BCUT2D eigenvalue weighted by Gasteiger charge is 2.04. The Morgan fingerprint density at radius 2 is 2.31 bits per heavy atom. The third-order valence-corrected chi connectivity index (χ3v) is 2.48. The molecule has 0 saturated heterocycles. The number of aromatic nitrogens is 2. The van der Waals surface area contributed by atoms with Crippen LogP contribution in [-0.4, -0.2) is 9.78 Å². The van der Waals surface area contributed by atoms with Crippen molar-refractivity contribution in [1.82, 2.24) is 9.78 Å². The highest BCUT2D eigenvalue weighted by Crippen LogP contribution is 2.22. The van der Waals surface area contributed by atoms with Crippen LogP contribution in [0.15, 0.2) is 22.8 Å². The van der Waals surface area contributed by atoms with Crippen molar-refractivity contribution in [2.75, 3.05) is 0 Å². The van der Waals surface area contributed by atoms with E-state index in [0.717, 1.165) is 15.4 Å². The quantitative estimate of drug-likeness (QED) is 0.703. The molecule has 0 bridgehead atoms. The van der Waals surface area contributed by atoms with E-state index in [4.69, 9.17) is 5.26 Å². The van der Waals surface area contributed by atoms with Crippen LogP contribution in [0.3, 0.4) is 0 Å². The van der Waals surface area contributed by atoms with E-state index < -0.39 is 0 Å². The van der Waals surface area contributed by atoms with Crippen LogP contribution in [0.4, 0.5) is 0 Å². The molecule has 0 fully saturated rings. The molecule has 0 spiro atoms. The molecule has 0 radical (unpaired) electrons. The van der Waals surface area contributed by atoms with Crippen LogP contribution in [-0.2, 0) is 7.05 Å². The van der Waals surface area contributed by atoms with Crippen LogP contribution in [0.1, 0.15) is 5.56 Å². The van der Waals surface area contributed by atoms with Gasteiger partial charge in [0.25, 0.3) is 0 Å². The molecule has 0 atom stereocenters. The normalized spacial score (nSPS) is 10.2. The number of benzene rings is 1. The molecule has 1 aromatic heterocycles. The summed E-state index contributed by atoms with van der Waals surface area (Å²) in [6.45, 7) is 0. The molecule has 1 aromatic carbocycles. The van der Waals surface area contributed by atoms with Gasteiger partial charge in [-0.25, -0.2) is 0 Å². The molecule has 0 N–H and O–H groups in total. The van der Waals surface area contributed by atoms with Gasteiger partial charge in [-0.3, -0.25) is 4.68 Å². The summed E-state index contributed by atoms with van der Waals surface area (Å²) in [6.07, 6.45) is 1.92. The smallest absolute Gasteiger partial charge is 0.100 e. The van der Waals surface area contributed by atoms with E-state index in [1.807, 2.05) is 19.3 Å². The van der Waals surface area contributed by atoms with Crippen LogP contribution in [0, 0.1) is 11.3 Å². The summed E-state index contributed by atoms with van der Waals surface area (Å²) in [5.41, 5.74) is 1.47. The Bertz CT molecular complexity index is 507. The van der Waals surface area contributed by atoms with E-state index >= 15 is 0 Å². The first kappa shape index (κ1) is 8.27. The maximum Gasteiger partial charge on any atom is 0.100 e. The standard InChI is InChI=1S/C9H6BrN3/c1-13-5-7-2-8(10)6(4-11)3-9(7)12-13/h2-3,5H,1H3. The third kappa shape index (κ3) is 1.31. The molecule has 13 heavy (non-hydrogen) atoms. The van der Waals surface area contributed by atoms with Gasteiger partial charge in [0, 0.05) is 23.1 Å². The number of hydrogen-bond donors (Lipinski definition) is 0. The van der Waals surface area contributed by atoms with Crippen molar-refractivity contribution < 1.29 is 0 Å². The monoisotopic (exact) mass is 235 g/mol. The van der Waals surface area contributed by atoms with Crippen molar-refractivity contribution in [3.8, 4) is 6.07 Å². The summed E-state index contributed by atoms with van der Waals surface area (Å²) in [7, 11) is 1.86. The van der Waals surface area contributed by atoms with E-state index in [-0.39, 0.29) is 0 Å².